The van der Waals surface area contributed by atoms with Crippen molar-refractivity contribution in [2.24, 2.45) is 0 Å². The Kier molecular flexibility index (Phi) is 42.2. The van der Waals surface area contributed by atoms with E-state index in [0.29, 0.717) is 78.5 Å². The van der Waals surface area contributed by atoms with Gasteiger partial charge in [0.1, 0.15) is 0 Å². The number of aliphatic carboxylic acids is 1. The van der Waals surface area contributed by atoms with Crippen LogP contribution in [-0.4, -0.2) is 192 Å². The van der Waals surface area contributed by atoms with Crippen LogP contribution < -0.4 is 10.6 Å². The zero-order valence-electron chi connectivity index (χ0n) is 32.5. The first-order valence-electron chi connectivity index (χ1n) is 17.4. The second-order valence-electron chi connectivity index (χ2n) is 11.6. The average Bonchev–Trinajstić information content (AvgIpc) is 3.10. The van der Waals surface area contributed by atoms with E-state index in [1.807, 2.05) is 20.8 Å². The standard InChI is InChI=1S/C12H24N2O6S2.C12H26O6S2.C7H16O3S2/c1-3-4-10(15)14-11(12(16)17)13-9-20-5-6-22(19)8-7-21(2)18;1-3-11(13)8-17-4-5-18-9-12(14)10-20(16)7-6-19(2)15;1-3-7(8)6-12(10)5-4-11(2)9/h11,13H,3-9H2,1-2H3,(H,14,15)(H,16,17);11-14H,3-10H2,1-2H3;7-8H,3-6H2,1-2H3. The van der Waals surface area contributed by atoms with E-state index in [9.17, 15) is 45.1 Å². The Bertz CT molecular complexity index is 1120. The first-order valence-corrected chi connectivity index (χ1v) is 27.0. The quantitative estimate of drug-likeness (QED) is 0.0320. The second kappa shape index (κ2) is 39.4. The van der Waals surface area contributed by atoms with Gasteiger partial charge in [-0.1, -0.05) is 20.8 Å². The van der Waals surface area contributed by atoms with Crippen LogP contribution >= 0.6 is 0 Å². The van der Waals surface area contributed by atoms with Gasteiger partial charge in [-0.25, -0.2) is 4.79 Å². The Balaban J connectivity index is -0.000000753. The highest BCUT2D eigenvalue weighted by Gasteiger charge is 2.18. The van der Waals surface area contributed by atoms with Gasteiger partial charge in [0.25, 0.3) is 0 Å². The summed E-state index contributed by atoms with van der Waals surface area (Å²) in [6, 6.07) is 0. The lowest BCUT2D eigenvalue weighted by molar-refractivity contribution is -0.143. The van der Waals surface area contributed by atoms with Crippen LogP contribution in [0.3, 0.4) is 0 Å². The molecule has 1 amide bonds. The summed E-state index contributed by atoms with van der Waals surface area (Å²) >= 11 is 0. The molecule has 0 saturated heterocycles. The molecule has 0 aromatic carbocycles. The van der Waals surface area contributed by atoms with Gasteiger partial charge in [-0.05, 0) is 19.3 Å². The van der Waals surface area contributed by atoms with Crippen LogP contribution in [0.5, 0.6) is 0 Å². The van der Waals surface area contributed by atoms with E-state index in [2.05, 4.69) is 10.6 Å². The number of aliphatic hydroxyl groups is 3. The first kappa shape index (κ1) is 57.9. The molecule has 0 bridgehead atoms. The van der Waals surface area contributed by atoms with E-state index in [1.54, 1.807) is 18.8 Å². The number of hydrogen-bond donors (Lipinski definition) is 6. The maximum Gasteiger partial charge on any atom is 0.341 e. The molecule has 17 nitrogen and oxygen atoms in total. The lowest BCUT2D eigenvalue weighted by Crippen LogP contribution is -2.51. The Labute approximate surface area is 336 Å². The van der Waals surface area contributed by atoms with Crippen LogP contribution in [0.1, 0.15) is 46.5 Å². The normalized spacial score (nSPS) is 16.8. The molecule has 326 valence electrons. The highest BCUT2D eigenvalue weighted by molar-refractivity contribution is 7.89. The van der Waals surface area contributed by atoms with Crippen molar-refractivity contribution < 1.29 is 69.5 Å². The Morgan fingerprint density at radius 3 is 1.46 bits per heavy atom. The summed E-state index contributed by atoms with van der Waals surface area (Å²) in [6.07, 6.45) is 3.93. The van der Waals surface area contributed by atoms with Gasteiger partial charge >= 0.3 is 5.97 Å². The van der Waals surface area contributed by atoms with Crippen molar-refractivity contribution in [3.05, 3.63) is 0 Å². The number of carboxylic acids is 1. The van der Waals surface area contributed by atoms with Crippen molar-refractivity contribution in [1.82, 2.24) is 10.6 Å². The molecule has 10 atom stereocenters. The fourth-order valence-corrected chi connectivity index (χ4v) is 10.3. The smallest absolute Gasteiger partial charge is 0.341 e. The molecular formula is C31H66N2O15S6. The number of aliphatic hydroxyl groups excluding tert-OH is 3. The van der Waals surface area contributed by atoms with E-state index in [1.165, 1.54) is 0 Å². The maximum atomic E-state index is 11.5. The lowest BCUT2D eigenvalue weighted by Gasteiger charge is -2.16. The minimum atomic E-state index is -1.22. The summed E-state index contributed by atoms with van der Waals surface area (Å²) < 4.78 is 81.9. The van der Waals surface area contributed by atoms with E-state index in [4.69, 9.17) is 24.4 Å². The summed E-state index contributed by atoms with van der Waals surface area (Å²) in [5.41, 5.74) is 0. The van der Waals surface area contributed by atoms with E-state index >= 15 is 0 Å². The minimum absolute atomic E-state index is 0.0831. The molecule has 0 fully saturated rings. The van der Waals surface area contributed by atoms with Gasteiger partial charge in [-0.3, -0.25) is 35.4 Å². The Hall–Kier alpha value is -0.440. The van der Waals surface area contributed by atoms with Crippen LogP contribution in [0.4, 0.5) is 0 Å². The molecule has 23 heteroatoms. The molecule has 54 heavy (non-hydrogen) atoms. The summed E-state index contributed by atoms with van der Waals surface area (Å²) in [7, 11) is -6.10. The molecule has 0 radical (unpaired) electrons. The molecule has 0 heterocycles. The molecule has 10 unspecified atom stereocenters. The molecule has 0 aliphatic carbocycles. The van der Waals surface area contributed by atoms with E-state index in [0.717, 1.165) is 0 Å². The van der Waals surface area contributed by atoms with Crippen LogP contribution in [0, 0.1) is 0 Å². The third-order valence-corrected chi connectivity index (χ3v) is 13.6. The molecule has 0 aliphatic rings. The predicted molar refractivity (Wildman–Crippen MR) is 219 cm³/mol. The van der Waals surface area contributed by atoms with Crippen molar-refractivity contribution in [3.63, 3.8) is 0 Å². The average molecular weight is 899 g/mol. The van der Waals surface area contributed by atoms with Gasteiger partial charge in [0.05, 0.1) is 63.8 Å². The predicted octanol–water partition coefficient (Wildman–Crippen LogP) is -1.83. The van der Waals surface area contributed by atoms with Gasteiger partial charge in [-0.2, -0.15) is 0 Å². The second-order valence-corrected chi connectivity index (χ2v) is 21.2. The molecule has 0 aromatic rings. The lowest BCUT2D eigenvalue weighted by atomic mass is 10.3. The van der Waals surface area contributed by atoms with Crippen LogP contribution in [-0.2, 0) is 88.6 Å². The van der Waals surface area contributed by atoms with Gasteiger partial charge < -0.3 is 40.0 Å². The summed E-state index contributed by atoms with van der Waals surface area (Å²) in [5, 5.41) is 41.8. The molecule has 0 rings (SSSR count). The number of carboxylic acid groups (broad SMARTS) is 1. The largest absolute Gasteiger partial charge is 0.479 e. The third-order valence-electron chi connectivity index (χ3n) is 6.36. The number of ether oxygens (including phenoxy) is 3. The van der Waals surface area contributed by atoms with Crippen LogP contribution in [0.15, 0.2) is 0 Å². The monoisotopic (exact) mass is 898 g/mol. The third kappa shape index (κ3) is 44.3. The number of carbonyl (C=O) groups excluding carboxylic acids is 1. The van der Waals surface area contributed by atoms with Crippen molar-refractivity contribution in [1.29, 1.82) is 0 Å². The number of nitrogens with one attached hydrogen (secondary N) is 2. The van der Waals surface area contributed by atoms with Gasteiger partial charge in [0, 0.05) is 136 Å². The van der Waals surface area contributed by atoms with Crippen molar-refractivity contribution >= 4 is 76.7 Å². The minimum Gasteiger partial charge on any atom is -0.479 e. The van der Waals surface area contributed by atoms with E-state index in [-0.39, 0.29) is 44.6 Å². The SMILES string of the molecule is CCC(O)COCCOCC(O)CS(=O)CCS(C)=O.CCC(O)CS(=O)CCS(C)=O.CCCC(=O)NC(NCOCCS(=O)CCS(C)=O)C(=O)O. The van der Waals surface area contributed by atoms with Crippen molar-refractivity contribution in [2.45, 2.75) is 70.9 Å². The number of carbonyl (C=O) groups is 2. The van der Waals surface area contributed by atoms with E-state index < -0.39 is 95.2 Å². The summed E-state index contributed by atoms with van der Waals surface area (Å²) in [6.45, 7) is 6.68. The fraction of sp³-hybridized carbons (Fsp3) is 0.935. The number of hydrogen-bond acceptors (Lipinski definition) is 15. The first-order chi connectivity index (χ1) is 25.4. The number of rotatable bonds is 32. The van der Waals surface area contributed by atoms with Crippen LogP contribution in [0.2, 0.25) is 0 Å². The molecular weight excluding hydrogens is 833 g/mol. The van der Waals surface area contributed by atoms with Crippen molar-refractivity contribution in [2.75, 3.05) is 110 Å². The molecule has 6 N–H and O–H groups in total. The van der Waals surface area contributed by atoms with Crippen LogP contribution in [0.25, 0.3) is 0 Å². The van der Waals surface area contributed by atoms with Gasteiger partial charge in [0.2, 0.25) is 5.91 Å². The maximum absolute atomic E-state index is 11.5. The van der Waals surface area contributed by atoms with Gasteiger partial charge in [-0.15, -0.1) is 0 Å². The molecule has 0 saturated carbocycles. The van der Waals surface area contributed by atoms with Crippen molar-refractivity contribution in [3.8, 4) is 0 Å². The summed E-state index contributed by atoms with van der Waals surface area (Å²) in [4.78, 5) is 22.3. The molecule has 0 aromatic heterocycles. The summed E-state index contributed by atoms with van der Waals surface area (Å²) in [5.74, 6) is 1.52. The zero-order valence-corrected chi connectivity index (χ0v) is 37.4. The highest BCUT2D eigenvalue weighted by Crippen LogP contribution is 1.96. The topological polar surface area (TPSA) is 269 Å². The molecule has 0 aliphatic heterocycles. The van der Waals surface area contributed by atoms with Gasteiger partial charge in [0.15, 0.2) is 6.17 Å². The fourth-order valence-electron chi connectivity index (χ4n) is 3.20. The highest BCUT2D eigenvalue weighted by atomic mass is 32.2. The Morgan fingerprint density at radius 2 is 1.04 bits per heavy atom. The molecule has 0 spiro atoms. The Morgan fingerprint density at radius 1 is 0.593 bits per heavy atom. The zero-order chi connectivity index (χ0) is 41.9. The number of amides is 1.